The number of rotatable bonds is 4. The third-order valence-corrected chi connectivity index (χ3v) is 5.05. The Bertz CT molecular complexity index is 685. The number of hydrogen-bond donors (Lipinski definition) is 0. The Kier molecular flexibility index (Phi) is 5.29. The molecule has 1 aliphatic carbocycles. The summed E-state index contributed by atoms with van der Waals surface area (Å²) in [4.78, 5) is 12.2. The van der Waals surface area contributed by atoms with Crippen molar-refractivity contribution in [2.24, 2.45) is 5.92 Å². The van der Waals surface area contributed by atoms with Gasteiger partial charge in [0.25, 0.3) is 0 Å². The highest BCUT2D eigenvalue weighted by Crippen LogP contribution is 2.36. The summed E-state index contributed by atoms with van der Waals surface area (Å²) < 4.78 is 18.4. The molecule has 1 fully saturated rings. The molecule has 1 aliphatic rings. The van der Waals surface area contributed by atoms with Gasteiger partial charge in [-0.25, -0.2) is 9.18 Å². The molecule has 0 aromatic heterocycles. The van der Waals surface area contributed by atoms with Crippen LogP contribution in [-0.4, -0.2) is 5.97 Å². The highest BCUT2D eigenvalue weighted by Gasteiger charge is 2.21. The van der Waals surface area contributed by atoms with Gasteiger partial charge in [-0.1, -0.05) is 31.5 Å². The summed E-state index contributed by atoms with van der Waals surface area (Å²) in [6, 6.07) is 13.3. The molecule has 0 saturated heterocycles. The van der Waals surface area contributed by atoms with Crippen LogP contribution in [0.25, 0.3) is 0 Å². The molecular weight excluding hydrogens is 303 g/mol. The van der Waals surface area contributed by atoms with Gasteiger partial charge in [0.15, 0.2) is 0 Å². The summed E-state index contributed by atoms with van der Waals surface area (Å²) in [5.41, 5.74) is 1.79. The highest BCUT2D eigenvalue weighted by atomic mass is 19.1. The third-order valence-electron chi connectivity index (χ3n) is 5.05. The summed E-state index contributed by atoms with van der Waals surface area (Å²) >= 11 is 0. The summed E-state index contributed by atoms with van der Waals surface area (Å²) in [5, 5.41) is 0. The predicted octanol–water partition coefficient (Wildman–Crippen LogP) is 5.73. The van der Waals surface area contributed by atoms with E-state index in [1.54, 1.807) is 6.07 Å². The van der Waals surface area contributed by atoms with E-state index in [-0.39, 0.29) is 5.75 Å². The second-order valence-corrected chi connectivity index (χ2v) is 6.59. The normalized spacial score (nSPS) is 20.6. The first-order valence-corrected chi connectivity index (χ1v) is 8.73. The summed E-state index contributed by atoms with van der Waals surface area (Å²) in [7, 11) is 0. The lowest BCUT2D eigenvalue weighted by Gasteiger charge is -2.28. The topological polar surface area (TPSA) is 26.3 Å². The van der Waals surface area contributed by atoms with E-state index in [4.69, 9.17) is 4.74 Å². The minimum atomic E-state index is -0.457. The first-order chi connectivity index (χ1) is 11.7. The number of ether oxygens (including phenoxy) is 1. The fraction of sp³-hybridized carbons (Fsp3) is 0.381. The van der Waals surface area contributed by atoms with Crippen molar-refractivity contribution in [1.29, 1.82) is 0 Å². The molecule has 0 amide bonds. The lowest BCUT2D eigenvalue weighted by molar-refractivity contribution is 0.0734. The van der Waals surface area contributed by atoms with E-state index < -0.39 is 11.8 Å². The zero-order valence-corrected chi connectivity index (χ0v) is 14.0. The molecule has 2 aromatic rings. The van der Waals surface area contributed by atoms with Gasteiger partial charge in [-0.2, -0.15) is 0 Å². The van der Waals surface area contributed by atoms with E-state index in [1.165, 1.54) is 55.9 Å². The van der Waals surface area contributed by atoms with Crippen molar-refractivity contribution in [2.45, 2.75) is 44.9 Å². The molecule has 3 rings (SSSR count). The number of hydrogen-bond acceptors (Lipinski definition) is 2. The van der Waals surface area contributed by atoms with Crippen molar-refractivity contribution in [2.75, 3.05) is 0 Å². The second-order valence-electron chi connectivity index (χ2n) is 6.59. The van der Waals surface area contributed by atoms with Gasteiger partial charge in [0.2, 0.25) is 0 Å². The van der Waals surface area contributed by atoms with E-state index >= 15 is 0 Å². The lowest BCUT2D eigenvalue weighted by atomic mass is 9.78. The summed E-state index contributed by atoms with van der Waals surface area (Å²) in [6.45, 7) is 2.27. The molecule has 0 atom stereocenters. The standard InChI is InChI=1S/C21H23FO2/c1-2-15-6-8-16(9-7-15)17-10-12-18(13-11-17)21(23)24-20-5-3-4-19(22)14-20/h3-5,10-16H,2,6-9H2,1H3/t15-,16-. The third kappa shape index (κ3) is 4.02. The molecule has 3 heteroatoms. The van der Waals surface area contributed by atoms with Gasteiger partial charge in [-0.05, 0) is 67.3 Å². The quantitative estimate of drug-likeness (QED) is 0.530. The fourth-order valence-corrected chi connectivity index (χ4v) is 3.49. The van der Waals surface area contributed by atoms with Crippen LogP contribution in [0.4, 0.5) is 4.39 Å². The number of benzene rings is 2. The second kappa shape index (κ2) is 7.61. The maximum absolute atomic E-state index is 13.1. The molecule has 126 valence electrons. The van der Waals surface area contributed by atoms with Crippen LogP contribution >= 0.6 is 0 Å². The smallest absolute Gasteiger partial charge is 0.343 e. The molecule has 0 heterocycles. The average Bonchev–Trinajstić information content (AvgIpc) is 2.62. The van der Waals surface area contributed by atoms with E-state index in [9.17, 15) is 9.18 Å². The molecular formula is C21H23FO2. The Balaban J connectivity index is 1.63. The molecule has 0 N–H and O–H groups in total. The van der Waals surface area contributed by atoms with Gasteiger partial charge in [-0.15, -0.1) is 0 Å². The Hall–Kier alpha value is -2.16. The summed E-state index contributed by atoms with van der Waals surface area (Å²) in [6.07, 6.45) is 6.32. The van der Waals surface area contributed by atoms with Crippen LogP contribution in [0.5, 0.6) is 5.75 Å². The average molecular weight is 326 g/mol. The molecule has 0 unspecified atom stereocenters. The Labute approximate surface area is 142 Å². The van der Waals surface area contributed by atoms with Gasteiger partial charge in [0, 0.05) is 6.07 Å². The molecule has 2 nitrogen and oxygen atoms in total. The van der Waals surface area contributed by atoms with Crippen LogP contribution in [0.15, 0.2) is 48.5 Å². The highest BCUT2D eigenvalue weighted by molar-refractivity contribution is 5.91. The van der Waals surface area contributed by atoms with Gasteiger partial charge >= 0.3 is 5.97 Å². The van der Waals surface area contributed by atoms with Crippen LogP contribution in [0.2, 0.25) is 0 Å². The van der Waals surface area contributed by atoms with Crippen molar-refractivity contribution in [3.05, 3.63) is 65.5 Å². The van der Waals surface area contributed by atoms with Crippen molar-refractivity contribution in [3.63, 3.8) is 0 Å². The van der Waals surface area contributed by atoms with Gasteiger partial charge in [-0.3, -0.25) is 0 Å². The van der Waals surface area contributed by atoms with Crippen LogP contribution in [0.3, 0.4) is 0 Å². The Morgan fingerprint density at radius 3 is 2.42 bits per heavy atom. The van der Waals surface area contributed by atoms with Crippen LogP contribution < -0.4 is 4.74 Å². The molecule has 0 spiro atoms. The van der Waals surface area contributed by atoms with Crippen LogP contribution in [0.1, 0.15) is 60.9 Å². The molecule has 1 saturated carbocycles. The largest absolute Gasteiger partial charge is 0.423 e. The van der Waals surface area contributed by atoms with E-state index in [0.29, 0.717) is 11.5 Å². The molecule has 0 bridgehead atoms. The van der Waals surface area contributed by atoms with E-state index in [0.717, 1.165) is 5.92 Å². The maximum atomic E-state index is 13.1. The van der Waals surface area contributed by atoms with Gasteiger partial charge in [0.1, 0.15) is 11.6 Å². The molecule has 0 aliphatic heterocycles. The number of carbonyl (C=O) groups is 1. The first kappa shape index (κ1) is 16.7. The zero-order valence-electron chi connectivity index (χ0n) is 14.0. The van der Waals surface area contributed by atoms with Crippen molar-refractivity contribution >= 4 is 5.97 Å². The minimum absolute atomic E-state index is 0.224. The zero-order chi connectivity index (χ0) is 16.9. The van der Waals surface area contributed by atoms with Gasteiger partial charge in [0.05, 0.1) is 5.56 Å². The first-order valence-electron chi connectivity index (χ1n) is 8.73. The predicted molar refractivity (Wildman–Crippen MR) is 92.8 cm³/mol. The van der Waals surface area contributed by atoms with Crippen molar-refractivity contribution < 1.29 is 13.9 Å². The Morgan fingerprint density at radius 2 is 1.79 bits per heavy atom. The Morgan fingerprint density at radius 1 is 1.08 bits per heavy atom. The molecule has 2 aromatic carbocycles. The van der Waals surface area contributed by atoms with Crippen LogP contribution in [0, 0.1) is 11.7 Å². The number of carbonyl (C=O) groups excluding carboxylic acids is 1. The molecule has 0 radical (unpaired) electrons. The monoisotopic (exact) mass is 326 g/mol. The lowest BCUT2D eigenvalue weighted by Crippen LogP contribution is -2.13. The summed E-state index contributed by atoms with van der Waals surface area (Å²) in [5.74, 6) is 0.824. The van der Waals surface area contributed by atoms with E-state index in [2.05, 4.69) is 6.92 Å². The van der Waals surface area contributed by atoms with Crippen molar-refractivity contribution in [1.82, 2.24) is 0 Å². The van der Waals surface area contributed by atoms with Crippen molar-refractivity contribution in [3.8, 4) is 5.75 Å². The van der Waals surface area contributed by atoms with E-state index in [1.807, 2.05) is 24.3 Å². The molecule has 24 heavy (non-hydrogen) atoms. The SMILES string of the molecule is CC[C@H]1CC[C@H](c2ccc(C(=O)Oc3cccc(F)c3)cc2)CC1. The van der Waals surface area contributed by atoms with Gasteiger partial charge < -0.3 is 4.74 Å². The number of halogens is 1. The minimum Gasteiger partial charge on any atom is -0.423 e. The maximum Gasteiger partial charge on any atom is 0.343 e. The van der Waals surface area contributed by atoms with Crippen LogP contribution in [-0.2, 0) is 0 Å². The fourth-order valence-electron chi connectivity index (χ4n) is 3.49. The number of esters is 1.